The molecule has 2 N–H and O–H groups in total. The third-order valence-corrected chi connectivity index (χ3v) is 7.57. The summed E-state index contributed by atoms with van der Waals surface area (Å²) in [5.41, 5.74) is 2.20. The van der Waals surface area contributed by atoms with Gasteiger partial charge in [-0.1, -0.05) is 40.2 Å². The number of carbonyl (C=O) groups is 2. The lowest BCUT2D eigenvalue weighted by atomic mass is 9.72. The first kappa shape index (κ1) is 26.2. The lowest BCUT2D eigenvalue weighted by Crippen LogP contribution is -2.34. The minimum atomic E-state index is -0.389. The molecule has 184 valence electrons. The number of nitrogens with one attached hydrogen (secondary N) is 2. The Bertz CT molecular complexity index is 1060. The van der Waals surface area contributed by atoms with E-state index in [0.717, 1.165) is 37.7 Å². The number of ether oxygens (including phenoxy) is 2. The third kappa shape index (κ3) is 6.36. The molecule has 1 unspecified atom stereocenters. The van der Waals surface area contributed by atoms with Crippen LogP contribution in [0.15, 0.2) is 24.3 Å². The molecule has 1 aliphatic carbocycles. The molecular formula is C26H34N2O4S2. The predicted octanol–water partition coefficient (Wildman–Crippen LogP) is 5.99. The van der Waals surface area contributed by atoms with Gasteiger partial charge in [0.25, 0.3) is 5.91 Å². The summed E-state index contributed by atoms with van der Waals surface area (Å²) in [5.74, 6) is 0.454. The van der Waals surface area contributed by atoms with Crippen molar-refractivity contribution in [2.75, 3.05) is 19.0 Å². The fraction of sp³-hybridized carbons (Fsp3) is 0.500. The van der Waals surface area contributed by atoms with E-state index in [9.17, 15) is 9.59 Å². The summed E-state index contributed by atoms with van der Waals surface area (Å²) >= 11 is 6.94. The Kier molecular flexibility index (Phi) is 8.71. The number of hydrogen-bond donors (Lipinski definition) is 2. The molecule has 0 saturated heterocycles. The van der Waals surface area contributed by atoms with Crippen LogP contribution in [-0.2, 0) is 17.6 Å². The third-order valence-electron chi connectivity index (χ3n) is 6.20. The highest BCUT2D eigenvalue weighted by atomic mass is 32.1. The lowest BCUT2D eigenvalue weighted by molar-refractivity contribution is 0.0600. The summed E-state index contributed by atoms with van der Waals surface area (Å²) in [6.45, 7) is 9.47. The second-order valence-corrected chi connectivity index (χ2v) is 11.2. The summed E-state index contributed by atoms with van der Waals surface area (Å²) in [6, 6.07) is 7.01. The second kappa shape index (κ2) is 11.3. The van der Waals surface area contributed by atoms with Crippen LogP contribution in [0.3, 0.4) is 0 Å². The molecule has 1 amide bonds. The number of benzene rings is 1. The molecule has 3 rings (SSSR count). The molecule has 1 aromatic heterocycles. The van der Waals surface area contributed by atoms with Crippen LogP contribution in [0.25, 0.3) is 0 Å². The van der Waals surface area contributed by atoms with Crippen molar-refractivity contribution in [3.05, 3.63) is 45.8 Å². The zero-order chi connectivity index (χ0) is 24.9. The van der Waals surface area contributed by atoms with Crippen LogP contribution in [0.1, 0.15) is 78.1 Å². The van der Waals surface area contributed by atoms with Crippen molar-refractivity contribution >= 4 is 45.5 Å². The van der Waals surface area contributed by atoms with E-state index in [4.69, 9.17) is 21.7 Å². The molecule has 0 bridgehead atoms. The van der Waals surface area contributed by atoms with Crippen LogP contribution in [0, 0.1) is 11.3 Å². The summed E-state index contributed by atoms with van der Waals surface area (Å²) in [6.07, 6.45) is 4.75. The summed E-state index contributed by atoms with van der Waals surface area (Å²) in [5, 5.41) is 6.55. The van der Waals surface area contributed by atoms with E-state index < -0.39 is 0 Å². The number of unbranched alkanes of at least 4 members (excludes halogenated alkanes) is 1. The summed E-state index contributed by atoms with van der Waals surface area (Å²) in [7, 11) is 1.38. The first-order valence-electron chi connectivity index (χ1n) is 11.7. The topological polar surface area (TPSA) is 76.7 Å². The lowest BCUT2D eigenvalue weighted by Gasteiger charge is -2.33. The van der Waals surface area contributed by atoms with Gasteiger partial charge in [-0.05, 0) is 73.0 Å². The first-order chi connectivity index (χ1) is 16.1. The number of hydrogen-bond acceptors (Lipinski definition) is 6. The molecule has 34 heavy (non-hydrogen) atoms. The van der Waals surface area contributed by atoms with Crippen molar-refractivity contribution in [3.8, 4) is 5.75 Å². The number of amides is 1. The van der Waals surface area contributed by atoms with Gasteiger partial charge in [-0.25, -0.2) is 4.79 Å². The Labute approximate surface area is 211 Å². The van der Waals surface area contributed by atoms with E-state index >= 15 is 0 Å². The van der Waals surface area contributed by atoms with Crippen molar-refractivity contribution in [1.82, 2.24) is 5.32 Å². The van der Waals surface area contributed by atoms with Crippen LogP contribution in [0.5, 0.6) is 5.75 Å². The van der Waals surface area contributed by atoms with E-state index in [2.05, 4.69) is 38.3 Å². The predicted molar refractivity (Wildman–Crippen MR) is 141 cm³/mol. The zero-order valence-electron chi connectivity index (χ0n) is 20.6. The van der Waals surface area contributed by atoms with Gasteiger partial charge in [-0.2, -0.15) is 0 Å². The van der Waals surface area contributed by atoms with Gasteiger partial charge < -0.3 is 14.8 Å². The van der Waals surface area contributed by atoms with Crippen LogP contribution in [0.4, 0.5) is 5.00 Å². The molecule has 0 fully saturated rings. The van der Waals surface area contributed by atoms with E-state index in [0.29, 0.717) is 34.4 Å². The van der Waals surface area contributed by atoms with Gasteiger partial charge in [-0.15, -0.1) is 11.3 Å². The molecule has 2 aromatic rings. The highest BCUT2D eigenvalue weighted by Crippen LogP contribution is 2.44. The van der Waals surface area contributed by atoms with E-state index in [1.54, 1.807) is 18.2 Å². The monoisotopic (exact) mass is 502 g/mol. The maximum Gasteiger partial charge on any atom is 0.341 e. The number of rotatable bonds is 7. The summed E-state index contributed by atoms with van der Waals surface area (Å²) < 4.78 is 10.8. The Morgan fingerprint density at radius 1 is 1.26 bits per heavy atom. The van der Waals surface area contributed by atoms with Gasteiger partial charge in [0.1, 0.15) is 10.8 Å². The van der Waals surface area contributed by atoms with Crippen molar-refractivity contribution in [3.63, 3.8) is 0 Å². The molecule has 6 nitrogen and oxygen atoms in total. The number of anilines is 1. The van der Waals surface area contributed by atoms with E-state index in [1.165, 1.54) is 23.3 Å². The molecular weight excluding hydrogens is 468 g/mol. The van der Waals surface area contributed by atoms with Gasteiger partial charge in [0.15, 0.2) is 5.11 Å². The van der Waals surface area contributed by atoms with Crippen LogP contribution in [0.2, 0.25) is 0 Å². The van der Waals surface area contributed by atoms with Crippen LogP contribution < -0.4 is 15.4 Å². The second-order valence-electron chi connectivity index (χ2n) is 9.64. The van der Waals surface area contributed by atoms with Gasteiger partial charge in [0.2, 0.25) is 0 Å². The fourth-order valence-corrected chi connectivity index (χ4v) is 5.68. The van der Waals surface area contributed by atoms with Gasteiger partial charge in [0.05, 0.1) is 19.3 Å². The van der Waals surface area contributed by atoms with Crippen LogP contribution in [-0.4, -0.2) is 30.7 Å². The van der Waals surface area contributed by atoms with Crippen molar-refractivity contribution in [1.29, 1.82) is 0 Å². The standard InChI is InChI=1S/C26H34N2O4S2/c1-6-7-13-32-18-10-8-9-16(14-18)22(29)27-25(33)28-23-21(24(30)31-5)19-12-11-17(26(2,3)4)15-20(19)34-23/h8-10,14,17H,6-7,11-13,15H2,1-5H3,(H2,27,28,29,33). The molecule has 1 aromatic carbocycles. The number of carbonyl (C=O) groups excluding carboxylic acids is 2. The molecule has 0 radical (unpaired) electrons. The Morgan fingerprint density at radius 3 is 2.71 bits per heavy atom. The molecule has 0 saturated carbocycles. The number of thiophene rings is 1. The van der Waals surface area contributed by atoms with E-state index in [1.807, 2.05) is 6.07 Å². The molecule has 8 heteroatoms. The number of fused-ring (bicyclic) bond motifs is 1. The van der Waals surface area contributed by atoms with Crippen LogP contribution >= 0.6 is 23.6 Å². The average molecular weight is 503 g/mol. The maximum absolute atomic E-state index is 12.8. The highest BCUT2D eigenvalue weighted by molar-refractivity contribution is 7.80. The zero-order valence-corrected chi connectivity index (χ0v) is 22.2. The largest absolute Gasteiger partial charge is 0.494 e. The van der Waals surface area contributed by atoms with E-state index in [-0.39, 0.29) is 22.4 Å². The average Bonchev–Trinajstić information content (AvgIpc) is 3.15. The maximum atomic E-state index is 12.8. The smallest absolute Gasteiger partial charge is 0.341 e. The SMILES string of the molecule is CCCCOc1cccc(C(=O)NC(=S)Nc2sc3c(c2C(=O)OC)CCC(C(C)(C)C)C3)c1. The molecule has 1 heterocycles. The quantitative estimate of drug-likeness (QED) is 0.275. The Balaban J connectivity index is 1.73. The van der Waals surface area contributed by atoms with Crippen molar-refractivity contribution < 1.29 is 19.1 Å². The van der Waals surface area contributed by atoms with Crippen molar-refractivity contribution in [2.45, 2.75) is 59.8 Å². The van der Waals surface area contributed by atoms with Crippen molar-refractivity contribution in [2.24, 2.45) is 11.3 Å². The first-order valence-corrected chi connectivity index (χ1v) is 12.9. The normalized spacial score (nSPS) is 15.3. The molecule has 0 spiro atoms. The Hall–Kier alpha value is -2.45. The highest BCUT2D eigenvalue weighted by Gasteiger charge is 2.34. The van der Waals surface area contributed by atoms with Gasteiger partial charge >= 0.3 is 5.97 Å². The number of methoxy groups -OCH3 is 1. The fourth-order valence-electron chi connectivity index (χ4n) is 4.10. The Morgan fingerprint density at radius 2 is 2.03 bits per heavy atom. The molecule has 0 aliphatic heterocycles. The molecule has 1 atom stereocenters. The number of esters is 1. The minimum absolute atomic E-state index is 0.137. The molecule has 1 aliphatic rings. The minimum Gasteiger partial charge on any atom is -0.494 e. The number of thiocarbonyl (C=S) groups is 1. The van der Waals surface area contributed by atoms with Gasteiger partial charge in [0, 0.05) is 10.4 Å². The van der Waals surface area contributed by atoms with Gasteiger partial charge in [-0.3, -0.25) is 10.1 Å². The summed E-state index contributed by atoms with van der Waals surface area (Å²) in [4.78, 5) is 26.6.